The molecule has 2 rings (SSSR count). The minimum absolute atomic E-state index is 0.0445. The zero-order chi connectivity index (χ0) is 13.8. The normalized spacial score (nSPS) is 21.6. The molecular weight excluding hydrogens is 313 g/mol. The second-order valence-corrected chi connectivity index (χ2v) is 5.50. The van der Waals surface area contributed by atoms with Crippen LogP contribution in [0.25, 0.3) is 0 Å². The Labute approximate surface area is 119 Å². The molecule has 2 atom stereocenters. The van der Waals surface area contributed by atoms with Crippen LogP contribution in [0.2, 0.25) is 0 Å². The zero-order valence-corrected chi connectivity index (χ0v) is 11.9. The molecule has 1 aliphatic carbocycles. The minimum Gasteiger partial charge on any atom is -0.396 e. The van der Waals surface area contributed by atoms with Crippen molar-refractivity contribution in [2.24, 2.45) is 5.92 Å². The summed E-state index contributed by atoms with van der Waals surface area (Å²) < 4.78 is 13.8. The van der Waals surface area contributed by atoms with Gasteiger partial charge in [0, 0.05) is 23.0 Å². The molecule has 0 radical (unpaired) electrons. The van der Waals surface area contributed by atoms with Gasteiger partial charge in [-0.3, -0.25) is 4.79 Å². The highest BCUT2D eigenvalue weighted by molar-refractivity contribution is 9.10. The molecule has 102 valence electrons. The van der Waals surface area contributed by atoms with E-state index in [1.54, 1.807) is 6.07 Å². The maximum absolute atomic E-state index is 13.1. The van der Waals surface area contributed by atoms with E-state index >= 15 is 0 Å². The summed E-state index contributed by atoms with van der Waals surface area (Å²) in [6.45, 7) is 0.0956. The smallest absolute Gasteiger partial charge is 0.224 e. The first-order valence-electron chi connectivity index (χ1n) is 6.11. The highest BCUT2D eigenvalue weighted by atomic mass is 79.9. The third-order valence-electron chi connectivity index (χ3n) is 3.11. The van der Waals surface area contributed by atoms with Crippen molar-refractivity contribution in [2.75, 3.05) is 6.61 Å². The Kier molecular flexibility index (Phi) is 4.71. The van der Waals surface area contributed by atoms with Gasteiger partial charge in [-0.25, -0.2) is 4.39 Å². The van der Waals surface area contributed by atoms with Gasteiger partial charge in [0.05, 0.1) is 6.42 Å². The standard InChI is InChI=1S/C14H15BrFNO2/c15-13-4-2-11(16)6-10(13)7-14(19)17-12-3-1-9(5-12)8-18/h1-4,6,9,12,18H,5,7-8H2,(H,17,19)/t9-,12+/m0/s1. The van der Waals surface area contributed by atoms with Crippen LogP contribution in [0.4, 0.5) is 4.39 Å². The number of amides is 1. The predicted octanol–water partition coefficient (Wildman–Crippen LogP) is 2.18. The predicted molar refractivity (Wildman–Crippen MR) is 74.1 cm³/mol. The molecule has 1 aromatic carbocycles. The molecule has 0 aromatic heterocycles. The molecule has 1 amide bonds. The quantitative estimate of drug-likeness (QED) is 0.833. The van der Waals surface area contributed by atoms with Crippen LogP contribution in [0.15, 0.2) is 34.8 Å². The molecule has 0 heterocycles. The third-order valence-corrected chi connectivity index (χ3v) is 3.89. The molecule has 0 fully saturated rings. The number of carbonyl (C=O) groups excluding carboxylic acids is 1. The lowest BCUT2D eigenvalue weighted by molar-refractivity contribution is -0.120. The molecule has 0 unspecified atom stereocenters. The molecule has 1 aliphatic rings. The van der Waals surface area contributed by atoms with E-state index in [-0.39, 0.29) is 36.7 Å². The van der Waals surface area contributed by atoms with E-state index in [9.17, 15) is 9.18 Å². The van der Waals surface area contributed by atoms with Crippen LogP contribution < -0.4 is 5.32 Å². The Balaban J connectivity index is 1.91. The van der Waals surface area contributed by atoms with E-state index in [2.05, 4.69) is 21.2 Å². The molecule has 0 aliphatic heterocycles. The summed E-state index contributed by atoms with van der Waals surface area (Å²) >= 11 is 3.30. The molecule has 2 N–H and O–H groups in total. The number of carbonyl (C=O) groups is 1. The highest BCUT2D eigenvalue weighted by Gasteiger charge is 2.20. The number of aliphatic hydroxyl groups is 1. The van der Waals surface area contributed by atoms with Crippen molar-refractivity contribution in [2.45, 2.75) is 18.9 Å². The van der Waals surface area contributed by atoms with Gasteiger partial charge in [-0.1, -0.05) is 28.1 Å². The average Bonchev–Trinajstić information content (AvgIpc) is 2.81. The van der Waals surface area contributed by atoms with Crippen LogP contribution in [-0.2, 0) is 11.2 Å². The average molecular weight is 328 g/mol. The van der Waals surface area contributed by atoms with Crippen molar-refractivity contribution in [3.8, 4) is 0 Å². The van der Waals surface area contributed by atoms with Crippen molar-refractivity contribution in [3.63, 3.8) is 0 Å². The van der Waals surface area contributed by atoms with E-state index in [1.165, 1.54) is 12.1 Å². The summed E-state index contributed by atoms with van der Waals surface area (Å²) in [5, 5.41) is 11.9. The maximum atomic E-state index is 13.1. The summed E-state index contributed by atoms with van der Waals surface area (Å²) in [5.74, 6) is -0.391. The number of halogens is 2. The Morgan fingerprint density at radius 3 is 2.95 bits per heavy atom. The summed E-state index contributed by atoms with van der Waals surface area (Å²) in [7, 11) is 0. The van der Waals surface area contributed by atoms with E-state index in [1.807, 2.05) is 12.2 Å². The molecule has 0 bridgehead atoms. The maximum Gasteiger partial charge on any atom is 0.224 e. The fraction of sp³-hybridized carbons (Fsp3) is 0.357. The SMILES string of the molecule is O=C(Cc1cc(F)ccc1Br)N[C@@H]1C=C[C@H](CO)C1. The van der Waals surface area contributed by atoms with Crippen LogP contribution in [0, 0.1) is 11.7 Å². The van der Waals surface area contributed by atoms with Gasteiger partial charge in [0.1, 0.15) is 5.82 Å². The Bertz CT molecular complexity index is 504. The van der Waals surface area contributed by atoms with Crippen LogP contribution in [0.3, 0.4) is 0 Å². The van der Waals surface area contributed by atoms with Crippen LogP contribution >= 0.6 is 15.9 Å². The van der Waals surface area contributed by atoms with Gasteiger partial charge in [-0.15, -0.1) is 0 Å². The van der Waals surface area contributed by atoms with Crippen LogP contribution in [0.1, 0.15) is 12.0 Å². The van der Waals surface area contributed by atoms with E-state index in [0.29, 0.717) is 12.0 Å². The molecule has 0 saturated carbocycles. The van der Waals surface area contributed by atoms with Gasteiger partial charge in [-0.2, -0.15) is 0 Å². The Hall–Kier alpha value is -1.20. The number of benzene rings is 1. The topological polar surface area (TPSA) is 49.3 Å². The Morgan fingerprint density at radius 1 is 1.47 bits per heavy atom. The monoisotopic (exact) mass is 327 g/mol. The molecule has 1 aromatic rings. The van der Waals surface area contributed by atoms with Gasteiger partial charge in [0.15, 0.2) is 0 Å². The number of hydrogen-bond donors (Lipinski definition) is 2. The lowest BCUT2D eigenvalue weighted by Gasteiger charge is -2.13. The number of hydrogen-bond acceptors (Lipinski definition) is 2. The van der Waals surface area contributed by atoms with Crippen molar-refractivity contribution in [3.05, 3.63) is 46.2 Å². The molecule has 5 heteroatoms. The third kappa shape index (κ3) is 3.88. The first-order valence-corrected chi connectivity index (χ1v) is 6.90. The zero-order valence-electron chi connectivity index (χ0n) is 10.3. The second kappa shape index (κ2) is 6.30. The first-order chi connectivity index (χ1) is 9.08. The van der Waals surface area contributed by atoms with Crippen molar-refractivity contribution in [1.29, 1.82) is 0 Å². The summed E-state index contributed by atoms with van der Waals surface area (Å²) in [5.41, 5.74) is 0.623. The summed E-state index contributed by atoms with van der Waals surface area (Å²) in [6, 6.07) is 4.24. The molecule has 3 nitrogen and oxygen atoms in total. The fourth-order valence-corrected chi connectivity index (χ4v) is 2.51. The van der Waals surface area contributed by atoms with Crippen LogP contribution in [0.5, 0.6) is 0 Å². The van der Waals surface area contributed by atoms with Crippen molar-refractivity contribution < 1.29 is 14.3 Å². The van der Waals surface area contributed by atoms with E-state index in [4.69, 9.17) is 5.11 Å². The number of aliphatic hydroxyl groups excluding tert-OH is 1. The minimum atomic E-state index is -0.355. The van der Waals surface area contributed by atoms with Gasteiger partial charge < -0.3 is 10.4 Å². The molecule has 0 saturated heterocycles. The molecule has 0 spiro atoms. The number of nitrogens with one attached hydrogen (secondary N) is 1. The van der Waals surface area contributed by atoms with Gasteiger partial charge in [0.25, 0.3) is 0 Å². The van der Waals surface area contributed by atoms with E-state index < -0.39 is 0 Å². The number of rotatable bonds is 4. The summed E-state index contributed by atoms with van der Waals surface area (Å²) in [4.78, 5) is 11.9. The summed E-state index contributed by atoms with van der Waals surface area (Å²) in [6.07, 6.45) is 4.64. The first kappa shape index (κ1) is 14.2. The highest BCUT2D eigenvalue weighted by Crippen LogP contribution is 2.20. The van der Waals surface area contributed by atoms with Gasteiger partial charge >= 0.3 is 0 Å². The van der Waals surface area contributed by atoms with Crippen molar-refractivity contribution in [1.82, 2.24) is 5.32 Å². The van der Waals surface area contributed by atoms with Crippen LogP contribution in [-0.4, -0.2) is 23.7 Å². The van der Waals surface area contributed by atoms with E-state index in [0.717, 1.165) is 4.47 Å². The largest absolute Gasteiger partial charge is 0.396 e. The fourth-order valence-electron chi connectivity index (χ4n) is 2.13. The van der Waals surface area contributed by atoms with Gasteiger partial charge in [-0.05, 0) is 30.2 Å². The Morgan fingerprint density at radius 2 is 2.26 bits per heavy atom. The lowest BCUT2D eigenvalue weighted by atomic mass is 10.1. The van der Waals surface area contributed by atoms with Crippen molar-refractivity contribution >= 4 is 21.8 Å². The lowest BCUT2D eigenvalue weighted by Crippen LogP contribution is -2.34. The second-order valence-electron chi connectivity index (χ2n) is 4.65. The van der Waals surface area contributed by atoms with Gasteiger partial charge in [0.2, 0.25) is 5.91 Å². The molecule has 19 heavy (non-hydrogen) atoms. The molecular formula is C14H15BrFNO2.